The van der Waals surface area contributed by atoms with Gasteiger partial charge in [0.2, 0.25) is 0 Å². The molecule has 0 spiro atoms. The van der Waals surface area contributed by atoms with Gasteiger partial charge in [-0.25, -0.2) is 4.79 Å². The summed E-state index contributed by atoms with van der Waals surface area (Å²) in [7, 11) is 0. The number of rotatable bonds is 1. The first-order chi connectivity index (χ1) is 4.84. The van der Waals surface area contributed by atoms with Gasteiger partial charge in [0, 0.05) is 11.3 Å². The molecule has 1 aliphatic heterocycles. The van der Waals surface area contributed by atoms with Gasteiger partial charge in [0.05, 0.1) is 6.61 Å². The Morgan fingerprint density at radius 3 is 3.20 bits per heavy atom. The van der Waals surface area contributed by atoms with Gasteiger partial charge in [0.1, 0.15) is 5.70 Å². The van der Waals surface area contributed by atoms with Crippen molar-refractivity contribution in [3.63, 3.8) is 0 Å². The van der Waals surface area contributed by atoms with E-state index in [0.29, 0.717) is 13.0 Å². The Kier molecular flexibility index (Phi) is 1.92. The zero-order chi connectivity index (χ0) is 7.40. The third-order valence-corrected chi connectivity index (χ3v) is 1.05. The van der Waals surface area contributed by atoms with Crippen LogP contribution in [0.2, 0.25) is 0 Å². The maximum atomic E-state index is 10.6. The molecule has 0 fully saturated rings. The minimum Gasteiger partial charge on any atom is -0.462 e. The van der Waals surface area contributed by atoms with Gasteiger partial charge in [-0.15, -0.1) is 0 Å². The fourth-order valence-corrected chi connectivity index (χ4v) is 0.634. The topological polar surface area (TPSA) is 75.1 Å². The van der Waals surface area contributed by atoms with Gasteiger partial charge in [0.25, 0.3) is 0 Å². The number of azide groups is 1. The predicted molar refractivity (Wildman–Crippen MR) is 32.8 cm³/mol. The van der Waals surface area contributed by atoms with E-state index in [0.717, 1.165) is 0 Å². The molecule has 0 aliphatic carbocycles. The molecule has 0 N–H and O–H groups in total. The number of hydrogen-bond donors (Lipinski definition) is 0. The van der Waals surface area contributed by atoms with Gasteiger partial charge in [0.15, 0.2) is 0 Å². The lowest BCUT2D eigenvalue weighted by molar-refractivity contribution is -0.139. The highest BCUT2D eigenvalue weighted by Gasteiger charge is 2.11. The molecule has 5 nitrogen and oxygen atoms in total. The maximum absolute atomic E-state index is 10.6. The SMILES string of the molecule is [N-]=[N+]=NC1=CCCOC1=O. The van der Waals surface area contributed by atoms with Crippen LogP contribution >= 0.6 is 0 Å². The van der Waals surface area contributed by atoms with Crippen molar-refractivity contribution in [1.29, 1.82) is 0 Å². The Bertz CT molecular complexity index is 227. The number of nitrogens with zero attached hydrogens (tertiary/aromatic N) is 3. The Labute approximate surface area is 56.9 Å². The molecule has 0 aromatic carbocycles. The van der Waals surface area contributed by atoms with Crippen LogP contribution in [-0.4, -0.2) is 12.6 Å². The van der Waals surface area contributed by atoms with Crippen molar-refractivity contribution in [3.05, 3.63) is 22.2 Å². The molecule has 1 heterocycles. The monoisotopic (exact) mass is 139 g/mol. The summed E-state index contributed by atoms with van der Waals surface area (Å²) < 4.78 is 4.57. The Hall–Kier alpha value is -1.48. The fourth-order valence-electron chi connectivity index (χ4n) is 0.634. The number of cyclic esters (lactones) is 1. The van der Waals surface area contributed by atoms with Crippen molar-refractivity contribution in [3.8, 4) is 0 Å². The third kappa shape index (κ3) is 1.27. The second kappa shape index (κ2) is 2.89. The highest BCUT2D eigenvalue weighted by atomic mass is 16.5. The van der Waals surface area contributed by atoms with Crippen LogP contribution in [0, 0.1) is 0 Å². The fraction of sp³-hybridized carbons (Fsp3) is 0.400. The highest BCUT2D eigenvalue weighted by molar-refractivity contribution is 5.88. The minimum atomic E-state index is -0.538. The normalized spacial score (nSPS) is 16.8. The van der Waals surface area contributed by atoms with Crippen LogP contribution < -0.4 is 0 Å². The number of hydrogen-bond acceptors (Lipinski definition) is 3. The average Bonchev–Trinajstić information content (AvgIpc) is 1.94. The first-order valence-corrected chi connectivity index (χ1v) is 2.77. The molecule has 0 aromatic rings. The molecule has 0 saturated carbocycles. The Morgan fingerprint density at radius 1 is 1.80 bits per heavy atom. The number of carbonyl (C=O) groups is 1. The lowest BCUT2D eigenvalue weighted by Gasteiger charge is -2.07. The van der Waals surface area contributed by atoms with E-state index in [1.54, 1.807) is 6.08 Å². The van der Waals surface area contributed by atoms with E-state index in [1.165, 1.54) is 0 Å². The lowest BCUT2D eigenvalue weighted by Crippen LogP contribution is -2.11. The summed E-state index contributed by atoms with van der Waals surface area (Å²) in [5.74, 6) is -0.538. The zero-order valence-electron chi connectivity index (χ0n) is 5.15. The molecule has 5 heteroatoms. The van der Waals surface area contributed by atoms with Crippen molar-refractivity contribution < 1.29 is 9.53 Å². The summed E-state index contributed by atoms with van der Waals surface area (Å²) in [6.45, 7) is 0.378. The van der Waals surface area contributed by atoms with Gasteiger partial charge >= 0.3 is 5.97 Å². The molecule has 1 aliphatic rings. The minimum absolute atomic E-state index is 0.0637. The molecule has 0 radical (unpaired) electrons. The van der Waals surface area contributed by atoms with Crippen LogP contribution in [0.25, 0.3) is 10.4 Å². The molecule has 52 valence electrons. The third-order valence-electron chi connectivity index (χ3n) is 1.05. The summed E-state index contributed by atoms with van der Waals surface area (Å²) in [4.78, 5) is 13.1. The van der Waals surface area contributed by atoms with Crippen LogP contribution in [0.4, 0.5) is 0 Å². The summed E-state index contributed by atoms with van der Waals surface area (Å²) in [5.41, 5.74) is 8.01. The molecule has 0 amide bonds. The van der Waals surface area contributed by atoms with Gasteiger partial charge in [-0.05, 0) is 5.53 Å². The molecular formula is C5H5N3O2. The smallest absolute Gasteiger partial charge is 0.340 e. The standard InChI is InChI=1S/C5H5N3O2/c6-8-7-4-2-1-3-10-5(4)9/h2H,1,3H2. The predicted octanol–water partition coefficient (Wildman–Crippen LogP) is 1.13. The second-order valence-corrected chi connectivity index (χ2v) is 1.70. The molecular weight excluding hydrogens is 134 g/mol. The van der Waals surface area contributed by atoms with Crippen molar-refractivity contribution in [2.45, 2.75) is 6.42 Å². The van der Waals surface area contributed by atoms with Crippen LogP contribution in [0.15, 0.2) is 16.9 Å². The summed E-state index contributed by atoms with van der Waals surface area (Å²) >= 11 is 0. The van der Waals surface area contributed by atoms with E-state index in [9.17, 15) is 4.79 Å². The van der Waals surface area contributed by atoms with Crippen molar-refractivity contribution in [1.82, 2.24) is 0 Å². The number of ether oxygens (including phenoxy) is 1. The van der Waals surface area contributed by atoms with Gasteiger partial charge in [-0.1, -0.05) is 11.2 Å². The Balaban J connectivity index is 2.80. The molecule has 0 aromatic heterocycles. The largest absolute Gasteiger partial charge is 0.462 e. The van der Waals surface area contributed by atoms with Crippen LogP contribution in [-0.2, 0) is 9.53 Å². The van der Waals surface area contributed by atoms with E-state index in [1.807, 2.05) is 0 Å². The van der Waals surface area contributed by atoms with E-state index in [2.05, 4.69) is 14.8 Å². The zero-order valence-corrected chi connectivity index (χ0v) is 5.15. The van der Waals surface area contributed by atoms with Crippen molar-refractivity contribution in [2.75, 3.05) is 6.61 Å². The first kappa shape index (κ1) is 6.64. The van der Waals surface area contributed by atoms with E-state index >= 15 is 0 Å². The molecule has 0 bridgehead atoms. The Morgan fingerprint density at radius 2 is 2.60 bits per heavy atom. The van der Waals surface area contributed by atoms with Crippen LogP contribution in [0.3, 0.4) is 0 Å². The number of carbonyl (C=O) groups excluding carboxylic acids is 1. The molecule has 0 unspecified atom stereocenters. The second-order valence-electron chi connectivity index (χ2n) is 1.70. The highest BCUT2D eigenvalue weighted by Crippen LogP contribution is 2.08. The summed E-state index contributed by atoms with van der Waals surface area (Å²) in [6, 6.07) is 0. The van der Waals surface area contributed by atoms with E-state index in [-0.39, 0.29) is 5.70 Å². The first-order valence-electron chi connectivity index (χ1n) is 2.77. The van der Waals surface area contributed by atoms with Crippen LogP contribution in [0.5, 0.6) is 0 Å². The van der Waals surface area contributed by atoms with E-state index in [4.69, 9.17) is 5.53 Å². The van der Waals surface area contributed by atoms with Gasteiger partial charge in [-0.2, -0.15) is 0 Å². The quantitative estimate of drug-likeness (QED) is 0.236. The summed E-state index contributed by atoms with van der Waals surface area (Å²) in [6.07, 6.45) is 2.19. The molecule has 0 saturated heterocycles. The van der Waals surface area contributed by atoms with Gasteiger partial charge < -0.3 is 4.74 Å². The lowest BCUT2D eigenvalue weighted by atomic mass is 10.3. The molecule has 0 atom stereocenters. The molecule has 10 heavy (non-hydrogen) atoms. The van der Waals surface area contributed by atoms with E-state index < -0.39 is 5.97 Å². The van der Waals surface area contributed by atoms with Crippen LogP contribution in [0.1, 0.15) is 6.42 Å². The maximum Gasteiger partial charge on any atom is 0.340 e. The van der Waals surface area contributed by atoms with Crippen molar-refractivity contribution in [2.24, 2.45) is 5.11 Å². The average molecular weight is 139 g/mol. The van der Waals surface area contributed by atoms with Gasteiger partial charge in [-0.3, -0.25) is 0 Å². The number of esters is 1. The van der Waals surface area contributed by atoms with Crippen molar-refractivity contribution >= 4 is 5.97 Å². The molecule has 1 rings (SSSR count). The summed E-state index contributed by atoms with van der Waals surface area (Å²) in [5, 5.41) is 3.13.